The van der Waals surface area contributed by atoms with Crippen LogP contribution in [-0.2, 0) is 17.8 Å². The highest BCUT2D eigenvalue weighted by atomic mass is 16.5. The molecule has 1 amide bonds. The van der Waals surface area contributed by atoms with Crippen LogP contribution in [0.3, 0.4) is 0 Å². The number of ether oxygens (including phenoxy) is 1. The van der Waals surface area contributed by atoms with E-state index in [1.54, 1.807) is 25.5 Å². The van der Waals surface area contributed by atoms with Crippen molar-refractivity contribution in [3.8, 4) is 5.75 Å². The third kappa shape index (κ3) is 6.04. The number of nitrogens with zero attached hydrogens (tertiary/aromatic N) is 1. The lowest BCUT2D eigenvalue weighted by Gasteiger charge is -2.07. The van der Waals surface area contributed by atoms with Gasteiger partial charge in [0.15, 0.2) is 5.96 Å². The molecule has 0 radical (unpaired) electrons. The molecular weight excluding hydrogens is 308 g/mol. The zero-order valence-electron chi connectivity index (χ0n) is 13.6. The summed E-state index contributed by atoms with van der Waals surface area (Å²) in [7, 11) is 1.64. The lowest BCUT2D eigenvalue weighted by Crippen LogP contribution is -2.35. The molecule has 0 aliphatic carbocycles. The van der Waals surface area contributed by atoms with Crippen LogP contribution in [0.1, 0.15) is 11.3 Å². The van der Waals surface area contributed by atoms with E-state index in [4.69, 9.17) is 14.9 Å². The van der Waals surface area contributed by atoms with Gasteiger partial charge in [0.2, 0.25) is 5.91 Å². The molecule has 2 aromatic rings. The van der Waals surface area contributed by atoms with Gasteiger partial charge in [-0.05, 0) is 36.2 Å². The average molecular weight is 330 g/mol. The summed E-state index contributed by atoms with van der Waals surface area (Å²) in [4.78, 5) is 15.6. The number of benzene rings is 1. The molecule has 0 bridgehead atoms. The van der Waals surface area contributed by atoms with E-state index in [9.17, 15) is 4.79 Å². The van der Waals surface area contributed by atoms with Gasteiger partial charge in [-0.15, -0.1) is 0 Å². The number of hydrogen-bond acceptors (Lipinski definition) is 4. The van der Waals surface area contributed by atoms with Gasteiger partial charge in [0.05, 0.1) is 19.9 Å². The molecule has 128 valence electrons. The van der Waals surface area contributed by atoms with Gasteiger partial charge < -0.3 is 25.5 Å². The third-order valence-corrected chi connectivity index (χ3v) is 3.31. The number of hydrogen-bond donors (Lipinski definition) is 3. The Morgan fingerprint density at radius 3 is 2.71 bits per heavy atom. The Kier molecular flexibility index (Phi) is 6.70. The number of nitrogens with two attached hydrogens (primary N) is 1. The topological polar surface area (TPSA) is 102 Å². The average Bonchev–Trinajstić information content (AvgIpc) is 3.12. The molecule has 7 heteroatoms. The highest BCUT2D eigenvalue weighted by Crippen LogP contribution is 2.11. The van der Waals surface area contributed by atoms with E-state index in [1.165, 1.54) is 0 Å². The molecule has 4 N–H and O–H groups in total. The van der Waals surface area contributed by atoms with Gasteiger partial charge in [0.25, 0.3) is 0 Å². The van der Waals surface area contributed by atoms with Gasteiger partial charge in [0.1, 0.15) is 18.1 Å². The minimum Gasteiger partial charge on any atom is -0.497 e. The van der Waals surface area contributed by atoms with Crippen molar-refractivity contribution in [2.45, 2.75) is 13.0 Å². The minimum absolute atomic E-state index is 0.0257. The van der Waals surface area contributed by atoms with Crippen molar-refractivity contribution < 1.29 is 13.9 Å². The highest BCUT2D eigenvalue weighted by Gasteiger charge is 2.02. The third-order valence-electron chi connectivity index (χ3n) is 3.31. The summed E-state index contributed by atoms with van der Waals surface area (Å²) in [6, 6.07) is 11.4. The molecule has 1 heterocycles. The summed E-state index contributed by atoms with van der Waals surface area (Å²) < 4.78 is 10.2. The molecule has 0 saturated heterocycles. The van der Waals surface area contributed by atoms with Crippen molar-refractivity contribution >= 4 is 11.9 Å². The number of guanidine groups is 1. The van der Waals surface area contributed by atoms with Crippen molar-refractivity contribution in [2.75, 3.05) is 20.2 Å². The Bertz CT molecular complexity index is 651. The summed E-state index contributed by atoms with van der Waals surface area (Å²) >= 11 is 0. The number of nitrogens with one attached hydrogen (secondary N) is 2. The maximum atomic E-state index is 11.6. The quantitative estimate of drug-likeness (QED) is 0.496. The lowest BCUT2D eigenvalue weighted by molar-refractivity contribution is -0.119. The number of carbonyl (C=O) groups excluding carboxylic acids is 1. The Labute approximate surface area is 140 Å². The van der Waals surface area contributed by atoms with Crippen molar-refractivity contribution in [1.82, 2.24) is 10.6 Å². The first-order valence-corrected chi connectivity index (χ1v) is 7.63. The maximum absolute atomic E-state index is 11.6. The van der Waals surface area contributed by atoms with E-state index < -0.39 is 0 Å². The van der Waals surface area contributed by atoms with Crippen LogP contribution in [-0.4, -0.2) is 32.1 Å². The largest absolute Gasteiger partial charge is 0.497 e. The van der Waals surface area contributed by atoms with Gasteiger partial charge in [-0.3, -0.25) is 4.79 Å². The normalized spacial score (nSPS) is 11.1. The Hall–Kier alpha value is -2.96. The molecule has 0 fully saturated rings. The SMILES string of the molecule is COc1ccc(CCNC(N)=NCC(=O)NCc2ccco2)cc1. The first kappa shape index (κ1) is 17.4. The fourth-order valence-corrected chi connectivity index (χ4v) is 1.99. The number of aliphatic imine (C=N–C) groups is 1. The molecule has 1 aromatic heterocycles. The Morgan fingerprint density at radius 1 is 1.25 bits per heavy atom. The van der Waals surface area contributed by atoms with Crippen LogP contribution in [0.4, 0.5) is 0 Å². The van der Waals surface area contributed by atoms with E-state index >= 15 is 0 Å². The monoisotopic (exact) mass is 330 g/mol. The molecule has 0 aliphatic heterocycles. The van der Waals surface area contributed by atoms with Crippen molar-refractivity contribution in [3.63, 3.8) is 0 Å². The van der Waals surface area contributed by atoms with Gasteiger partial charge in [0, 0.05) is 6.54 Å². The van der Waals surface area contributed by atoms with Crippen LogP contribution in [0.25, 0.3) is 0 Å². The molecule has 0 saturated carbocycles. The zero-order valence-corrected chi connectivity index (χ0v) is 13.6. The van der Waals surface area contributed by atoms with Gasteiger partial charge in [-0.25, -0.2) is 4.99 Å². The van der Waals surface area contributed by atoms with Crippen molar-refractivity contribution in [2.24, 2.45) is 10.7 Å². The summed E-state index contributed by atoms with van der Waals surface area (Å²) in [5.74, 6) is 1.55. The van der Waals surface area contributed by atoms with E-state index in [0.717, 1.165) is 17.7 Å². The predicted octanol–water partition coefficient (Wildman–Crippen LogP) is 1.05. The van der Waals surface area contributed by atoms with Crippen LogP contribution in [0.2, 0.25) is 0 Å². The van der Waals surface area contributed by atoms with E-state index in [-0.39, 0.29) is 18.4 Å². The standard InChI is InChI=1S/C17H22N4O3/c1-23-14-6-4-13(5-7-14)8-9-19-17(18)21-12-16(22)20-11-15-3-2-10-24-15/h2-7,10H,8-9,11-12H2,1H3,(H,20,22)(H3,18,19,21). The number of carbonyl (C=O) groups is 1. The predicted molar refractivity (Wildman–Crippen MR) is 91.7 cm³/mol. The van der Waals surface area contributed by atoms with Crippen LogP contribution in [0.15, 0.2) is 52.1 Å². The molecule has 0 unspecified atom stereocenters. The van der Waals surface area contributed by atoms with Crippen LogP contribution >= 0.6 is 0 Å². The Morgan fingerprint density at radius 2 is 2.04 bits per heavy atom. The fraction of sp³-hybridized carbons (Fsp3) is 0.294. The molecule has 7 nitrogen and oxygen atoms in total. The summed E-state index contributed by atoms with van der Waals surface area (Å²) in [6.45, 7) is 0.948. The molecule has 24 heavy (non-hydrogen) atoms. The van der Waals surface area contributed by atoms with Crippen LogP contribution in [0.5, 0.6) is 5.75 Å². The number of amides is 1. The van der Waals surface area contributed by atoms with Gasteiger partial charge >= 0.3 is 0 Å². The second-order valence-corrected chi connectivity index (χ2v) is 5.08. The maximum Gasteiger partial charge on any atom is 0.242 e. The van der Waals surface area contributed by atoms with E-state index in [0.29, 0.717) is 18.8 Å². The highest BCUT2D eigenvalue weighted by molar-refractivity contribution is 5.83. The van der Waals surface area contributed by atoms with Crippen molar-refractivity contribution in [1.29, 1.82) is 0 Å². The van der Waals surface area contributed by atoms with Gasteiger partial charge in [-0.2, -0.15) is 0 Å². The number of methoxy groups -OCH3 is 1. The van der Waals surface area contributed by atoms with E-state index in [2.05, 4.69) is 15.6 Å². The summed E-state index contributed by atoms with van der Waals surface area (Å²) in [6.07, 6.45) is 2.36. The second-order valence-electron chi connectivity index (χ2n) is 5.08. The summed E-state index contributed by atoms with van der Waals surface area (Å²) in [5.41, 5.74) is 6.90. The minimum atomic E-state index is -0.216. The molecule has 2 rings (SSSR count). The fourth-order valence-electron chi connectivity index (χ4n) is 1.99. The zero-order chi connectivity index (χ0) is 17.2. The molecule has 0 spiro atoms. The molecule has 1 aromatic carbocycles. The summed E-state index contributed by atoms with van der Waals surface area (Å²) in [5, 5.41) is 5.68. The molecular formula is C17H22N4O3. The number of furan rings is 1. The van der Waals surface area contributed by atoms with Crippen molar-refractivity contribution in [3.05, 3.63) is 54.0 Å². The molecule has 0 atom stereocenters. The van der Waals surface area contributed by atoms with Crippen LogP contribution < -0.4 is 21.1 Å². The van der Waals surface area contributed by atoms with Crippen LogP contribution in [0, 0.1) is 0 Å². The lowest BCUT2D eigenvalue weighted by atomic mass is 10.1. The first-order valence-electron chi connectivity index (χ1n) is 7.63. The number of rotatable bonds is 8. The smallest absolute Gasteiger partial charge is 0.242 e. The van der Waals surface area contributed by atoms with E-state index in [1.807, 2.05) is 24.3 Å². The first-order chi connectivity index (χ1) is 11.7. The van der Waals surface area contributed by atoms with Gasteiger partial charge in [-0.1, -0.05) is 12.1 Å². The second kappa shape index (κ2) is 9.24. The Balaban J connectivity index is 1.64. The molecule has 0 aliphatic rings.